The van der Waals surface area contributed by atoms with Crippen molar-refractivity contribution < 1.29 is 19.1 Å². The van der Waals surface area contributed by atoms with Crippen LogP contribution in [0.2, 0.25) is 0 Å². The van der Waals surface area contributed by atoms with Gasteiger partial charge in [-0.05, 0) is 50.4 Å². The second-order valence-electron chi connectivity index (χ2n) is 8.41. The summed E-state index contributed by atoms with van der Waals surface area (Å²) in [5.74, 6) is 0.940. The van der Waals surface area contributed by atoms with Crippen molar-refractivity contribution in [2.24, 2.45) is 0 Å². The maximum Gasteiger partial charge on any atom is 0.255 e. The predicted octanol–water partition coefficient (Wildman–Crippen LogP) is 5.75. The molecule has 0 aliphatic carbocycles. The molecular weight excluding hydrogens is 527 g/mol. The Kier molecular flexibility index (Phi) is 7.88. The van der Waals surface area contributed by atoms with Crippen molar-refractivity contribution in [3.63, 3.8) is 0 Å². The molecule has 37 heavy (non-hydrogen) atoms. The second kappa shape index (κ2) is 11.5. The van der Waals surface area contributed by atoms with Gasteiger partial charge in [-0.15, -0.1) is 11.3 Å². The number of methoxy groups -OCH3 is 2. The molecule has 0 radical (unpaired) electrons. The van der Waals surface area contributed by atoms with Crippen molar-refractivity contribution in [3.8, 4) is 11.5 Å². The average molecular weight is 555 g/mol. The Morgan fingerprint density at radius 3 is 2.57 bits per heavy atom. The lowest BCUT2D eigenvalue weighted by molar-refractivity contribution is 0.102. The molecule has 2 aromatic heterocycles. The quantitative estimate of drug-likeness (QED) is 0.279. The van der Waals surface area contributed by atoms with Crippen LogP contribution in [0.3, 0.4) is 0 Å². The van der Waals surface area contributed by atoms with E-state index in [0.29, 0.717) is 35.8 Å². The highest BCUT2D eigenvalue weighted by molar-refractivity contribution is 7.57. The summed E-state index contributed by atoms with van der Waals surface area (Å²) in [5.41, 5.74) is 2.27. The van der Waals surface area contributed by atoms with Crippen molar-refractivity contribution in [1.29, 1.82) is 0 Å². The lowest BCUT2D eigenvalue weighted by atomic mass is 10.2. The number of hydrogen-bond donors (Lipinski definition) is 1. The van der Waals surface area contributed by atoms with Crippen LogP contribution in [0.4, 0.5) is 15.6 Å². The molecule has 4 aromatic rings. The number of benzene rings is 2. The number of thiazole rings is 1. The topological polar surface area (TPSA) is 84.0 Å². The summed E-state index contributed by atoms with van der Waals surface area (Å²) in [7, 11) is 3.41. The van der Waals surface area contributed by atoms with Crippen LogP contribution >= 0.6 is 31.3 Å². The average Bonchev–Trinajstić information content (AvgIpc) is 3.61. The van der Waals surface area contributed by atoms with Crippen molar-refractivity contribution >= 4 is 63.8 Å². The maximum absolute atomic E-state index is 12.9. The van der Waals surface area contributed by atoms with Crippen molar-refractivity contribution in [1.82, 2.24) is 9.88 Å². The van der Waals surface area contributed by atoms with E-state index in [2.05, 4.69) is 21.7 Å². The summed E-state index contributed by atoms with van der Waals surface area (Å²) < 4.78 is 11.5. The Hall–Kier alpha value is -3.20. The number of amides is 2. The molecule has 1 fully saturated rings. The molecule has 0 bridgehead atoms. The lowest BCUT2D eigenvalue weighted by Gasteiger charge is -2.34. The van der Waals surface area contributed by atoms with Gasteiger partial charge < -0.3 is 24.6 Å². The van der Waals surface area contributed by atoms with Crippen LogP contribution in [-0.4, -0.2) is 61.8 Å². The zero-order valence-electron chi connectivity index (χ0n) is 20.5. The van der Waals surface area contributed by atoms with Gasteiger partial charge in [-0.25, -0.2) is 4.98 Å². The SMILES string of the molecule is COc1ccc(NC(=O)c2ccc3nc(N4CCN(C(=O)PCc5cccs5)CC4)sc3c2)cc1OC. The molecule has 1 atom stereocenters. The Labute approximate surface area is 225 Å². The molecule has 5 rings (SSSR count). The molecule has 1 aliphatic rings. The van der Waals surface area contributed by atoms with Gasteiger partial charge in [0.25, 0.3) is 5.91 Å². The fraction of sp³-hybridized carbons (Fsp3) is 0.269. The minimum atomic E-state index is -0.209. The first-order valence-corrected chi connectivity index (χ1v) is 14.7. The highest BCUT2D eigenvalue weighted by atomic mass is 32.1. The monoisotopic (exact) mass is 554 g/mol. The third kappa shape index (κ3) is 5.87. The van der Waals surface area contributed by atoms with Crippen LogP contribution in [-0.2, 0) is 6.16 Å². The number of carbonyl (C=O) groups excluding carboxylic acids is 2. The Bertz CT molecular complexity index is 1400. The number of nitrogens with one attached hydrogen (secondary N) is 1. The molecule has 1 aliphatic heterocycles. The van der Waals surface area contributed by atoms with Gasteiger partial charge in [0.15, 0.2) is 16.6 Å². The van der Waals surface area contributed by atoms with Crippen LogP contribution in [0.5, 0.6) is 11.5 Å². The smallest absolute Gasteiger partial charge is 0.255 e. The van der Waals surface area contributed by atoms with E-state index in [4.69, 9.17) is 14.5 Å². The fourth-order valence-electron chi connectivity index (χ4n) is 4.09. The Balaban J connectivity index is 1.20. The number of anilines is 2. The van der Waals surface area contributed by atoms with Gasteiger partial charge in [0.05, 0.1) is 24.4 Å². The summed E-state index contributed by atoms with van der Waals surface area (Å²) in [6, 6.07) is 14.9. The first-order valence-electron chi connectivity index (χ1n) is 11.8. The lowest BCUT2D eigenvalue weighted by Crippen LogP contribution is -2.47. The number of aromatic nitrogens is 1. The molecule has 192 valence electrons. The summed E-state index contributed by atoms with van der Waals surface area (Å²) in [6.07, 6.45) is 0.830. The first-order chi connectivity index (χ1) is 18.0. The van der Waals surface area contributed by atoms with Crippen molar-refractivity contribution in [2.75, 3.05) is 50.6 Å². The number of thiophene rings is 1. The second-order valence-corrected chi connectivity index (χ2v) is 11.6. The largest absolute Gasteiger partial charge is 0.493 e. The van der Waals surface area contributed by atoms with E-state index in [1.165, 1.54) is 4.88 Å². The fourth-order valence-corrected chi connectivity index (χ4v) is 7.08. The van der Waals surface area contributed by atoms with Gasteiger partial charge in [-0.2, -0.15) is 0 Å². The van der Waals surface area contributed by atoms with Gasteiger partial charge in [0, 0.05) is 54.5 Å². The molecule has 1 N–H and O–H groups in total. The Morgan fingerprint density at radius 1 is 1.03 bits per heavy atom. The van der Waals surface area contributed by atoms with Gasteiger partial charge >= 0.3 is 0 Å². The normalized spacial score (nSPS) is 13.9. The number of piperazine rings is 1. The standard InChI is InChI=1S/C26H27N4O4PS2/c1-33-21-8-6-18(15-22(21)34-2)27-24(31)17-5-7-20-23(14-17)37-25(28-20)29-9-11-30(12-10-29)26(32)35-16-19-4-3-13-36-19/h3-8,13-15,35H,9-12,16H2,1-2H3,(H,27,31). The number of carbonyl (C=O) groups is 2. The molecule has 3 heterocycles. The van der Waals surface area contributed by atoms with E-state index < -0.39 is 0 Å². The van der Waals surface area contributed by atoms with Crippen LogP contribution < -0.4 is 19.7 Å². The van der Waals surface area contributed by atoms with Gasteiger partial charge in [0.2, 0.25) is 5.65 Å². The maximum atomic E-state index is 12.9. The van der Waals surface area contributed by atoms with E-state index >= 15 is 0 Å². The highest BCUT2D eigenvalue weighted by Gasteiger charge is 2.23. The van der Waals surface area contributed by atoms with Crippen molar-refractivity contribution in [3.05, 3.63) is 64.4 Å². The third-order valence-electron chi connectivity index (χ3n) is 6.11. The van der Waals surface area contributed by atoms with Crippen LogP contribution in [0.15, 0.2) is 53.9 Å². The molecular formula is C26H27N4O4PS2. The number of fused-ring (bicyclic) bond motifs is 1. The predicted molar refractivity (Wildman–Crippen MR) is 153 cm³/mol. The van der Waals surface area contributed by atoms with Gasteiger partial charge in [0.1, 0.15) is 0 Å². The zero-order chi connectivity index (χ0) is 25.8. The Morgan fingerprint density at radius 2 is 1.84 bits per heavy atom. The minimum absolute atomic E-state index is 0.209. The molecule has 2 amide bonds. The zero-order valence-corrected chi connectivity index (χ0v) is 23.2. The van der Waals surface area contributed by atoms with Gasteiger partial charge in [-0.1, -0.05) is 17.4 Å². The van der Waals surface area contributed by atoms with E-state index in [9.17, 15) is 9.59 Å². The number of hydrogen-bond acceptors (Lipinski definition) is 8. The molecule has 1 unspecified atom stereocenters. The van der Waals surface area contributed by atoms with Gasteiger partial charge in [-0.3, -0.25) is 9.59 Å². The summed E-state index contributed by atoms with van der Waals surface area (Å²) in [6.45, 7) is 2.90. The summed E-state index contributed by atoms with van der Waals surface area (Å²) in [5, 5.41) is 5.88. The molecule has 1 saturated heterocycles. The van der Waals surface area contributed by atoms with E-state index in [-0.39, 0.29) is 20.1 Å². The van der Waals surface area contributed by atoms with E-state index in [1.54, 1.807) is 61.2 Å². The van der Waals surface area contributed by atoms with E-state index in [0.717, 1.165) is 34.6 Å². The van der Waals surface area contributed by atoms with Crippen LogP contribution in [0, 0.1) is 0 Å². The van der Waals surface area contributed by atoms with Crippen LogP contribution in [0.1, 0.15) is 15.2 Å². The number of ether oxygens (including phenoxy) is 2. The third-order valence-corrected chi connectivity index (χ3v) is 9.50. The molecule has 0 saturated carbocycles. The van der Waals surface area contributed by atoms with Crippen LogP contribution in [0.25, 0.3) is 10.2 Å². The molecule has 11 heteroatoms. The minimum Gasteiger partial charge on any atom is -0.493 e. The summed E-state index contributed by atoms with van der Waals surface area (Å²) in [4.78, 5) is 35.8. The molecule has 2 aromatic carbocycles. The molecule has 8 nitrogen and oxygen atoms in total. The first kappa shape index (κ1) is 25.4. The van der Waals surface area contributed by atoms with Crippen molar-refractivity contribution in [2.45, 2.75) is 6.16 Å². The highest BCUT2D eigenvalue weighted by Crippen LogP contribution is 2.33. The summed E-state index contributed by atoms with van der Waals surface area (Å²) >= 11 is 3.27. The number of rotatable bonds is 8. The number of nitrogens with zero attached hydrogens (tertiary/aromatic N) is 3. The van der Waals surface area contributed by atoms with E-state index in [1.807, 2.05) is 23.1 Å². The molecule has 0 spiro atoms.